The molecule has 4 rings (SSSR count). The molecule has 1 fully saturated rings. The number of halogens is 2. The van der Waals surface area contributed by atoms with Crippen molar-refractivity contribution in [3.63, 3.8) is 0 Å². The largest absolute Gasteiger partial charge is 0.353 e. The van der Waals surface area contributed by atoms with Crippen molar-refractivity contribution in [3.8, 4) is 22.5 Å². The lowest BCUT2D eigenvalue weighted by molar-refractivity contribution is -0.120. The topological polar surface area (TPSA) is 71.0 Å². The van der Waals surface area contributed by atoms with E-state index in [1.54, 1.807) is 36.8 Å². The van der Waals surface area contributed by atoms with Crippen molar-refractivity contribution in [3.05, 3.63) is 59.0 Å². The maximum Gasteiger partial charge on any atom is 0.239 e. The van der Waals surface area contributed by atoms with Crippen LogP contribution in [0.1, 0.15) is 0 Å². The first kappa shape index (κ1) is 17.7. The number of hydrogen-bond donors (Lipinski definition) is 1. The summed E-state index contributed by atoms with van der Waals surface area (Å²) in [6.07, 6.45) is 4.92. The van der Waals surface area contributed by atoms with Gasteiger partial charge >= 0.3 is 0 Å². The number of carbonyl (C=O) groups excluding carboxylic acids is 1. The molecule has 3 heterocycles. The van der Waals surface area contributed by atoms with Crippen molar-refractivity contribution >= 4 is 34.9 Å². The molecule has 27 heavy (non-hydrogen) atoms. The first-order chi connectivity index (χ1) is 13.1. The lowest BCUT2D eigenvalue weighted by Crippen LogP contribution is -2.48. The van der Waals surface area contributed by atoms with E-state index in [2.05, 4.69) is 15.3 Å². The van der Waals surface area contributed by atoms with Crippen LogP contribution >= 0.6 is 23.2 Å². The van der Waals surface area contributed by atoms with Gasteiger partial charge in [-0.15, -0.1) is 0 Å². The SMILES string of the molecule is O=C1CN(c2cnc(-c3ccc(Cl)cc3)c(-c3ccncc3Cl)n2)CCN1. The number of benzene rings is 1. The predicted molar refractivity (Wildman–Crippen MR) is 106 cm³/mol. The second kappa shape index (κ2) is 7.50. The van der Waals surface area contributed by atoms with Gasteiger partial charge in [-0.05, 0) is 18.2 Å². The monoisotopic (exact) mass is 399 g/mol. The number of aromatic nitrogens is 3. The third-order valence-electron chi connectivity index (χ3n) is 4.27. The standard InChI is InChI=1S/C19H15Cl2N5O/c20-13-3-1-12(2-4-13)18-19(14-5-6-22-9-15(14)21)25-16(10-24-18)26-8-7-23-17(27)11-26/h1-6,9-10H,7-8,11H2,(H,23,27). The number of nitrogens with one attached hydrogen (secondary N) is 1. The first-order valence-corrected chi connectivity index (χ1v) is 9.12. The smallest absolute Gasteiger partial charge is 0.239 e. The highest BCUT2D eigenvalue weighted by Gasteiger charge is 2.21. The van der Waals surface area contributed by atoms with E-state index < -0.39 is 0 Å². The van der Waals surface area contributed by atoms with Crippen molar-refractivity contribution in [2.24, 2.45) is 0 Å². The average molecular weight is 400 g/mol. The summed E-state index contributed by atoms with van der Waals surface area (Å²) in [7, 11) is 0. The van der Waals surface area contributed by atoms with Crippen LogP contribution < -0.4 is 10.2 Å². The van der Waals surface area contributed by atoms with Gasteiger partial charge < -0.3 is 10.2 Å². The molecule has 0 saturated carbocycles. The van der Waals surface area contributed by atoms with Crippen molar-refractivity contribution < 1.29 is 4.79 Å². The third-order valence-corrected chi connectivity index (χ3v) is 4.82. The Bertz CT molecular complexity index is 994. The van der Waals surface area contributed by atoms with Crippen molar-refractivity contribution in [2.75, 3.05) is 24.5 Å². The fraction of sp³-hybridized carbons (Fsp3) is 0.158. The zero-order valence-electron chi connectivity index (χ0n) is 14.2. The van der Waals surface area contributed by atoms with Crippen molar-refractivity contribution in [1.29, 1.82) is 0 Å². The van der Waals surface area contributed by atoms with Gasteiger partial charge in [0.1, 0.15) is 11.5 Å². The Labute approximate surface area is 166 Å². The number of amides is 1. The van der Waals surface area contributed by atoms with Gasteiger partial charge in [0.25, 0.3) is 0 Å². The Hall–Kier alpha value is -2.70. The molecular formula is C19H15Cl2N5O. The van der Waals surface area contributed by atoms with Crippen LogP contribution in [-0.2, 0) is 4.79 Å². The zero-order valence-corrected chi connectivity index (χ0v) is 15.7. The van der Waals surface area contributed by atoms with Gasteiger partial charge in [-0.3, -0.25) is 14.8 Å². The molecule has 1 aliphatic rings. The fourth-order valence-corrected chi connectivity index (χ4v) is 3.28. The van der Waals surface area contributed by atoms with Crippen molar-refractivity contribution in [2.45, 2.75) is 0 Å². The van der Waals surface area contributed by atoms with E-state index in [4.69, 9.17) is 28.2 Å². The summed E-state index contributed by atoms with van der Waals surface area (Å²) in [6, 6.07) is 9.19. The molecule has 6 nitrogen and oxygen atoms in total. The molecule has 0 aliphatic carbocycles. The molecule has 0 spiro atoms. The van der Waals surface area contributed by atoms with Crippen LogP contribution in [0.5, 0.6) is 0 Å². The maximum atomic E-state index is 11.7. The summed E-state index contributed by atoms with van der Waals surface area (Å²) in [4.78, 5) is 27.1. The Balaban J connectivity index is 1.85. The number of anilines is 1. The van der Waals surface area contributed by atoms with Gasteiger partial charge in [0.15, 0.2) is 0 Å². The minimum absolute atomic E-state index is 0.0340. The summed E-state index contributed by atoms with van der Waals surface area (Å²) in [6.45, 7) is 1.49. The summed E-state index contributed by atoms with van der Waals surface area (Å²) in [5.41, 5.74) is 2.92. The van der Waals surface area contributed by atoms with E-state index in [9.17, 15) is 4.79 Å². The Morgan fingerprint density at radius 2 is 1.85 bits per heavy atom. The van der Waals surface area contributed by atoms with Crippen LogP contribution in [-0.4, -0.2) is 40.5 Å². The van der Waals surface area contributed by atoms with Crippen LogP contribution in [0.3, 0.4) is 0 Å². The van der Waals surface area contributed by atoms with Crippen LogP contribution in [0.25, 0.3) is 22.5 Å². The minimum atomic E-state index is -0.0340. The number of rotatable bonds is 3. The normalized spacial score (nSPS) is 14.1. The summed E-state index contributed by atoms with van der Waals surface area (Å²) >= 11 is 12.4. The van der Waals surface area contributed by atoms with Crippen LogP contribution in [0.2, 0.25) is 10.0 Å². The predicted octanol–water partition coefficient (Wildman–Crippen LogP) is 3.45. The van der Waals surface area contributed by atoms with E-state index in [1.807, 2.05) is 17.0 Å². The van der Waals surface area contributed by atoms with Crippen LogP contribution in [0.15, 0.2) is 48.9 Å². The summed E-state index contributed by atoms with van der Waals surface area (Å²) < 4.78 is 0. The molecule has 1 aliphatic heterocycles. The molecule has 0 bridgehead atoms. The van der Waals surface area contributed by atoms with E-state index in [0.29, 0.717) is 40.3 Å². The molecule has 0 radical (unpaired) electrons. The Morgan fingerprint density at radius 1 is 1.04 bits per heavy atom. The van der Waals surface area contributed by atoms with Gasteiger partial charge in [0, 0.05) is 41.6 Å². The van der Waals surface area contributed by atoms with Gasteiger partial charge in [-0.1, -0.05) is 35.3 Å². The van der Waals surface area contributed by atoms with E-state index in [0.717, 1.165) is 11.1 Å². The van der Waals surface area contributed by atoms with Crippen LogP contribution in [0, 0.1) is 0 Å². The molecule has 3 aromatic rings. The highest BCUT2D eigenvalue weighted by atomic mass is 35.5. The second-order valence-corrected chi connectivity index (χ2v) is 6.90. The molecule has 1 amide bonds. The lowest BCUT2D eigenvalue weighted by Gasteiger charge is -2.28. The summed E-state index contributed by atoms with van der Waals surface area (Å²) in [5.74, 6) is 0.596. The van der Waals surface area contributed by atoms with Crippen LogP contribution in [0.4, 0.5) is 5.82 Å². The molecule has 1 aromatic carbocycles. The fourth-order valence-electron chi connectivity index (χ4n) is 2.94. The van der Waals surface area contributed by atoms with E-state index >= 15 is 0 Å². The molecule has 8 heteroatoms. The number of hydrogen-bond acceptors (Lipinski definition) is 5. The highest BCUT2D eigenvalue weighted by Crippen LogP contribution is 2.34. The zero-order chi connectivity index (χ0) is 18.8. The number of piperazine rings is 1. The van der Waals surface area contributed by atoms with Gasteiger partial charge in [-0.25, -0.2) is 4.98 Å². The Kier molecular flexibility index (Phi) is 4.92. The molecule has 0 unspecified atom stereocenters. The maximum absolute atomic E-state index is 11.7. The molecule has 1 saturated heterocycles. The number of nitrogens with zero attached hydrogens (tertiary/aromatic N) is 4. The molecule has 136 valence electrons. The number of carbonyl (C=O) groups is 1. The van der Waals surface area contributed by atoms with E-state index in [1.165, 1.54) is 0 Å². The Morgan fingerprint density at radius 3 is 2.59 bits per heavy atom. The first-order valence-electron chi connectivity index (χ1n) is 8.36. The average Bonchev–Trinajstić information content (AvgIpc) is 2.69. The number of pyridine rings is 1. The minimum Gasteiger partial charge on any atom is -0.353 e. The van der Waals surface area contributed by atoms with Gasteiger partial charge in [0.05, 0.1) is 23.5 Å². The lowest BCUT2D eigenvalue weighted by atomic mass is 10.0. The van der Waals surface area contributed by atoms with Gasteiger partial charge in [-0.2, -0.15) is 0 Å². The third kappa shape index (κ3) is 3.72. The molecule has 0 atom stereocenters. The van der Waals surface area contributed by atoms with Crippen molar-refractivity contribution in [1.82, 2.24) is 20.3 Å². The molecule has 2 aromatic heterocycles. The van der Waals surface area contributed by atoms with Gasteiger partial charge in [0.2, 0.25) is 5.91 Å². The van der Waals surface area contributed by atoms with E-state index in [-0.39, 0.29) is 12.5 Å². The highest BCUT2D eigenvalue weighted by molar-refractivity contribution is 6.33. The molecule has 1 N–H and O–H groups in total. The quantitative estimate of drug-likeness (QED) is 0.729. The molecular weight excluding hydrogens is 385 g/mol. The summed E-state index contributed by atoms with van der Waals surface area (Å²) in [5, 5.41) is 3.94. The second-order valence-electron chi connectivity index (χ2n) is 6.06.